The van der Waals surface area contributed by atoms with E-state index in [-0.39, 0.29) is 6.04 Å². The number of nitrogens with one attached hydrogen (secondary N) is 2. The molecule has 2 unspecified atom stereocenters. The van der Waals surface area contributed by atoms with Crippen molar-refractivity contribution in [2.24, 2.45) is 11.8 Å². The molecule has 0 heterocycles. The van der Waals surface area contributed by atoms with Crippen LogP contribution in [0, 0.1) is 11.8 Å². The zero-order valence-corrected chi connectivity index (χ0v) is 11.3. The summed E-state index contributed by atoms with van der Waals surface area (Å²) in [5, 5.41) is 7.10. The summed E-state index contributed by atoms with van der Waals surface area (Å²) >= 11 is 5.17. The molecule has 0 saturated heterocycles. The number of hydrogen-bond acceptors (Lipinski definition) is 2. The van der Waals surface area contributed by atoms with Gasteiger partial charge in [-0.05, 0) is 31.0 Å². The molecule has 0 aromatic heterocycles. The lowest BCUT2D eigenvalue weighted by Crippen LogP contribution is -2.44. The van der Waals surface area contributed by atoms with E-state index in [0.717, 1.165) is 6.54 Å². The van der Waals surface area contributed by atoms with Crippen molar-refractivity contribution in [1.82, 2.24) is 10.6 Å². The Hall–Kier alpha value is -0.350. The van der Waals surface area contributed by atoms with Crippen LogP contribution in [0.2, 0.25) is 0 Å². The summed E-state index contributed by atoms with van der Waals surface area (Å²) in [5.74, 6) is 1.30. The van der Waals surface area contributed by atoms with Crippen LogP contribution < -0.4 is 10.6 Å². The molecular weight excluding hydrogens is 208 g/mol. The highest BCUT2D eigenvalue weighted by atomic mass is 32.1. The molecule has 0 aromatic carbocycles. The lowest BCUT2D eigenvalue weighted by atomic mass is 9.98. The van der Waals surface area contributed by atoms with Crippen LogP contribution >= 0.6 is 12.2 Å². The first-order chi connectivity index (χ1) is 6.97. The predicted molar refractivity (Wildman–Crippen MR) is 69.1 cm³/mol. The van der Waals surface area contributed by atoms with E-state index in [1.807, 2.05) is 6.92 Å². The highest BCUT2D eigenvalue weighted by molar-refractivity contribution is 7.80. The van der Waals surface area contributed by atoms with E-state index in [9.17, 15) is 0 Å². The molecule has 4 heteroatoms. The third-order valence-electron chi connectivity index (χ3n) is 2.52. The Kier molecular flexibility index (Phi) is 7.70. The average molecular weight is 232 g/mol. The van der Waals surface area contributed by atoms with Crippen molar-refractivity contribution in [3.63, 3.8) is 0 Å². The molecule has 0 bridgehead atoms. The molecule has 0 aliphatic carbocycles. The summed E-state index contributed by atoms with van der Waals surface area (Å²) in [6.45, 7) is 10.3. The van der Waals surface area contributed by atoms with Gasteiger partial charge in [0.25, 0.3) is 0 Å². The van der Waals surface area contributed by atoms with Gasteiger partial charge in [0, 0.05) is 19.7 Å². The maximum absolute atomic E-state index is 5.17. The zero-order valence-electron chi connectivity index (χ0n) is 10.5. The smallest absolute Gasteiger partial charge is 0.166 e. The number of methoxy groups -OCH3 is 1. The Morgan fingerprint density at radius 1 is 1.27 bits per heavy atom. The summed E-state index contributed by atoms with van der Waals surface area (Å²) in [5.41, 5.74) is 0. The van der Waals surface area contributed by atoms with Crippen molar-refractivity contribution in [2.75, 3.05) is 20.3 Å². The number of thiocarbonyl (C=S) groups is 1. The van der Waals surface area contributed by atoms with E-state index in [0.29, 0.717) is 23.6 Å². The number of ether oxygens (including phenoxy) is 1. The van der Waals surface area contributed by atoms with Crippen molar-refractivity contribution in [2.45, 2.75) is 33.7 Å². The molecule has 0 saturated carbocycles. The highest BCUT2D eigenvalue weighted by Gasteiger charge is 2.08. The first kappa shape index (κ1) is 14.6. The largest absolute Gasteiger partial charge is 0.383 e. The van der Waals surface area contributed by atoms with Crippen LogP contribution in [0.5, 0.6) is 0 Å². The molecule has 0 aliphatic heterocycles. The third-order valence-corrected chi connectivity index (χ3v) is 2.78. The SMILES string of the molecule is COCC(C)NC(=S)NCC(C)C(C)C. The second-order valence-electron chi connectivity index (χ2n) is 4.43. The van der Waals surface area contributed by atoms with Gasteiger partial charge in [-0.25, -0.2) is 0 Å². The molecule has 2 atom stereocenters. The highest BCUT2D eigenvalue weighted by Crippen LogP contribution is 2.07. The van der Waals surface area contributed by atoms with Crippen LogP contribution in [-0.4, -0.2) is 31.4 Å². The Balaban J connectivity index is 3.66. The van der Waals surface area contributed by atoms with Crippen LogP contribution in [0.15, 0.2) is 0 Å². The fourth-order valence-corrected chi connectivity index (χ4v) is 1.34. The minimum atomic E-state index is 0.254. The molecule has 2 N–H and O–H groups in total. The van der Waals surface area contributed by atoms with Crippen LogP contribution in [0.3, 0.4) is 0 Å². The van der Waals surface area contributed by atoms with Gasteiger partial charge in [0.05, 0.1) is 6.61 Å². The van der Waals surface area contributed by atoms with Crippen molar-refractivity contribution >= 4 is 17.3 Å². The molecule has 15 heavy (non-hydrogen) atoms. The first-order valence-electron chi connectivity index (χ1n) is 5.50. The fourth-order valence-electron chi connectivity index (χ4n) is 1.06. The minimum absolute atomic E-state index is 0.254. The van der Waals surface area contributed by atoms with E-state index in [4.69, 9.17) is 17.0 Å². The maximum atomic E-state index is 5.17. The molecule has 0 aliphatic rings. The van der Waals surface area contributed by atoms with Gasteiger partial charge in [0.15, 0.2) is 5.11 Å². The standard InChI is InChI=1S/C11H24N2OS/c1-8(2)9(3)6-12-11(15)13-10(4)7-14-5/h8-10H,6-7H2,1-5H3,(H2,12,13,15). The summed E-state index contributed by atoms with van der Waals surface area (Å²) in [4.78, 5) is 0. The Morgan fingerprint density at radius 2 is 1.87 bits per heavy atom. The molecule has 0 radical (unpaired) electrons. The van der Waals surface area contributed by atoms with E-state index >= 15 is 0 Å². The average Bonchev–Trinajstić information content (AvgIpc) is 2.14. The topological polar surface area (TPSA) is 33.3 Å². The van der Waals surface area contributed by atoms with Crippen molar-refractivity contribution in [1.29, 1.82) is 0 Å². The predicted octanol–water partition coefficient (Wildman–Crippen LogP) is 1.78. The molecule has 90 valence electrons. The van der Waals surface area contributed by atoms with Gasteiger partial charge in [0.1, 0.15) is 0 Å². The lowest BCUT2D eigenvalue weighted by molar-refractivity contribution is 0.179. The third kappa shape index (κ3) is 7.56. The van der Waals surface area contributed by atoms with Gasteiger partial charge in [-0.3, -0.25) is 0 Å². The van der Waals surface area contributed by atoms with Crippen molar-refractivity contribution in [3.05, 3.63) is 0 Å². The molecule has 3 nitrogen and oxygen atoms in total. The Morgan fingerprint density at radius 3 is 2.33 bits per heavy atom. The maximum Gasteiger partial charge on any atom is 0.166 e. The molecule has 0 aromatic rings. The van der Waals surface area contributed by atoms with Gasteiger partial charge in [-0.15, -0.1) is 0 Å². The van der Waals surface area contributed by atoms with Gasteiger partial charge in [-0.2, -0.15) is 0 Å². The number of hydrogen-bond donors (Lipinski definition) is 2. The normalized spacial score (nSPS) is 14.8. The van der Waals surface area contributed by atoms with Gasteiger partial charge >= 0.3 is 0 Å². The Labute approximate surface area is 99.0 Å². The van der Waals surface area contributed by atoms with Crippen molar-refractivity contribution < 1.29 is 4.74 Å². The number of rotatable bonds is 6. The van der Waals surface area contributed by atoms with Gasteiger partial charge in [-0.1, -0.05) is 20.8 Å². The van der Waals surface area contributed by atoms with Gasteiger partial charge in [0.2, 0.25) is 0 Å². The lowest BCUT2D eigenvalue weighted by Gasteiger charge is -2.20. The molecule has 0 amide bonds. The monoisotopic (exact) mass is 232 g/mol. The van der Waals surface area contributed by atoms with E-state index < -0.39 is 0 Å². The zero-order chi connectivity index (χ0) is 11.8. The van der Waals surface area contributed by atoms with Crippen LogP contribution in [-0.2, 0) is 4.74 Å². The van der Waals surface area contributed by atoms with E-state index in [1.54, 1.807) is 7.11 Å². The van der Waals surface area contributed by atoms with Gasteiger partial charge < -0.3 is 15.4 Å². The molecule has 0 rings (SSSR count). The minimum Gasteiger partial charge on any atom is -0.383 e. The first-order valence-corrected chi connectivity index (χ1v) is 5.91. The summed E-state index contributed by atoms with van der Waals surface area (Å²) in [6, 6.07) is 0.254. The van der Waals surface area contributed by atoms with Crippen LogP contribution in [0.1, 0.15) is 27.7 Å². The van der Waals surface area contributed by atoms with E-state index in [2.05, 4.69) is 31.4 Å². The van der Waals surface area contributed by atoms with Crippen molar-refractivity contribution in [3.8, 4) is 0 Å². The summed E-state index contributed by atoms with van der Waals surface area (Å²) in [6.07, 6.45) is 0. The van der Waals surface area contributed by atoms with Crippen LogP contribution in [0.25, 0.3) is 0 Å². The summed E-state index contributed by atoms with van der Waals surface area (Å²) < 4.78 is 5.02. The summed E-state index contributed by atoms with van der Waals surface area (Å²) in [7, 11) is 1.69. The second kappa shape index (κ2) is 7.88. The Bertz CT molecular complexity index is 185. The quantitative estimate of drug-likeness (QED) is 0.684. The van der Waals surface area contributed by atoms with Crippen LogP contribution in [0.4, 0.5) is 0 Å². The fraction of sp³-hybridized carbons (Fsp3) is 0.909. The van der Waals surface area contributed by atoms with E-state index in [1.165, 1.54) is 0 Å². The molecule has 0 spiro atoms. The second-order valence-corrected chi connectivity index (χ2v) is 4.84. The molecular formula is C11H24N2OS. The molecule has 0 fully saturated rings.